The molecule has 0 bridgehead atoms. The van der Waals surface area contributed by atoms with Crippen molar-refractivity contribution in [3.63, 3.8) is 0 Å². The molecule has 1 spiro atoms. The van der Waals surface area contributed by atoms with E-state index in [1.165, 1.54) is 19.3 Å². The molecule has 1 aliphatic heterocycles. The van der Waals surface area contributed by atoms with Gasteiger partial charge in [0.15, 0.2) is 0 Å². The fourth-order valence-corrected chi connectivity index (χ4v) is 3.24. The van der Waals surface area contributed by atoms with Gasteiger partial charge in [0.2, 0.25) is 0 Å². The van der Waals surface area contributed by atoms with E-state index in [1.54, 1.807) is 0 Å². The summed E-state index contributed by atoms with van der Waals surface area (Å²) >= 11 is 0. The Kier molecular flexibility index (Phi) is 2.71. The van der Waals surface area contributed by atoms with Crippen LogP contribution in [0.25, 0.3) is 0 Å². The summed E-state index contributed by atoms with van der Waals surface area (Å²) in [4.78, 5) is 0. The van der Waals surface area contributed by atoms with Crippen LogP contribution in [0.1, 0.15) is 43.8 Å². The van der Waals surface area contributed by atoms with Crippen molar-refractivity contribution in [1.29, 1.82) is 0 Å². The lowest BCUT2D eigenvalue weighted by Crippen LogP contribution is -2.47. The second-order valence-electron chi connectivity index (χ2n) is 5.54. The highest BCUT2D eigenvalue weighted by molar-refractivity contribution is 5.09. The zero-order valence-corrected chi connectivity index (χ0v) is 10.4. The fraction of sp³-hybridized carbons (Fsp3) is 0.769. The van der Waals surface area contributed by atoms with Crippen molar-refractivity contribution in [2.24, 2.45) is 18.7 Å². The third-order valence-electron chi connectivity index (χ3n) is 4.50. The van der Waals surface area contributed by atoms with Crippen molar-refractivity contribution in [2.45, 2.75) is 43.7 Å². The van der Waals surface area contributed by atoms with Crippen molar-refractivity contribution in [3.05, 3.63) is 18.0 Å². The first kappa shape index (κ1) is 11.2. The summed E-state index contributed by atoms with van der Waals surface area (Å²) < 4.78 is 7.85. The number of rotatable bonds is 2. The Hall–Kier alpha value is -0.870. The van der Waals surface area contributed by atoms with Gasteiger partial charge in [-0.25, -0.2) is 0 Å². The fourth-order valence-electron chi connectivity index (χ4n) is 3.24. The topological polar surface area (TPSA) is 53.1 Å². The normalized spacial score (nSPS) is 28.9. The molecule has 1 aromatic rings. The highest BCUT2D eigenvalue weighted by atomic mass is 16.5. The van der Waals surface area contributed by atoms with Crippen molar-refractivity contribution in [2.75, 3.05) is 6.61 Å². The summed E-state index contributed by atoms with van der Waals surface area (Å²) in [6.07, 6.45) is 7.79. The molecular weight excluding hydrogens is 214 g/mol. The summed E-state index contributed by atoms with van der Waals surface area (Å²) in [5, 5.41) is 4.21. The van der Waals surface area contributed by atoms with Crippen LogP contribution in [0.15, 0.2) is 12.3 Å². The molecular formula is C13H21N3O. The van der Waals surface area contributed by atoms with Crippen LogP contribution >= 0.6 is 0 Å². The van der Waals surface area contributed by atoms with E-state index in [1.807, 2.05) is 24.0 Å². The van der Waals surface area contributed by atoms with Gasteiger partial charge in [0.25, 0.3) is 0 Å². The van der Waals surface area contributed by atoms with Crippen molar-refractivity contribution < 1.29 is 4.74 Å². The molecule has 1 saturated carbocycles. The van der Waals surface area contributed by atoms with E-state index >= 15 is 0 Å². The molecule has 2 unspecified atom stereocenters. The Balaban J connectivity index is 1.73. The maximum absolute atomic E-state index is 6.40. The minimum atomic E-state index is 0.101. The van der Waals surface area contributed by atoms with Crippen molar-refractivity contribution in [1.82, 2.24) is 9.78 Å². The first-order valence-corrected chi connectivity index (χ1v) is 6.58. The number of hydrogen-bond donors (Lipinski definition) is 1. The van der Waals surface area contributed by atoms with E-state index in [4.69, 9.17) is 10.5 Å². The molecule has 1 aromatic heterocycles. The second kappa shape index (κ2) is 4.10. The number of hydrogen-bond acceptors (Lipinski definition) is 3. The molecule has 4 heteroatoms. The number of ether oxygens (including phenoxy) is 1. The largest absolute Gasteiger partial charge is 0.375 e. The highest BCUT2D eigenvalue weighted by Crippen LogP contribution is 2.46. The smallest absolute Gasteiger partial charge is 0.0686 e. The first-order chi connectivity index (χ1) is 8.20. The first-order valence-electron chi connectivity index (χ1n) is 6.58. The van der Waals surface area contributed by atoms with Gasteiger partial charge < -0.3 is 10.5 Å². The Bertz CT molecular complexity index is 397. The van der Waals surface area contributed by atoms with Gasteiger partial charge in [-0.1, -0.05) is 0 Å². The van der Waals surface area contributed by atoms with E-state index in [0.29, 0.717) is 5.92 Å². The summed E-state index contributed by atoms with van der Waals surface area (Å²) in [5.41, 5.74) is 7.72. The lowest BCUT2D eigenvalue weighted by molar-refractivity contribution is -0.146. The van der Waals surface area contributed by atoms with Crippen molar-refractivity contribution >= 4 is 0 Å². The van der Waals surface area contributed by atoms with E-state index in [0.717, 1.165) is 25.1 Å². The minimum Gasteiger partial charge on any atom is -0.375 e. The van der Waals surface area contributed by atoms with Gasteiger partial charge in [-0.15, -0.1) is 0 Å². The quantitative estimate of drug-likeness (QED) is 0.850. The van der Waals surface area contributed by atoms with Gasteiger partial charge >= 0.3 is 0 Å². The van der Waals surface area contributed by atoms with Crippen LogP contribution in [0.4, 0.5) is 0 Å². The molecule has 4 nitrogen and oxygen atoms in total. The number of nitrogens with two attached hydrogens (primary N) is 1. The summed E-state index contributed by atoms with van der Waals surface area (Å²) in [6, 6.07) is 2.14. The maximum atomic E-state index is 6.40. The average molecular weight is 235 g/mol. The lowest BCUT2D eigenvalue weighted by atomic mass is 9.70. The van der Waals surface area contributed by atoms with E-state index in [-0.39, 0.29) is 11.6 Å². The Morgan fingerprint density at radius 2 is 2.41 bits per heavy atom. The Morgan fingerprint density at radius 1 is 1.59 bits per heavy atom. The van der Waals surface area contributed by atoms with E-state index in [9.17, 15) is 0 Å². The zero-order chi connectivity index (χ0) is 11.9. The molecule has 2 fully saturated rings. The SMILES string of the molecule is Cn1nccc1C(N)C1CCOC2(CCC2)C1. The Morgan fingerprint density at radius 3 is 3.00 bits per heavy atom. The summed E-state index contributed by atoms with van der Waals surface area (Å²) in [7, 11) is 1.97. The molecule has 94 valence electrons. The standard InChI is InChI=1S/C13H21N3O/c1-16-11(3-7-15-16)12(14)10-4-8-17-13(9-10)5-2-6-13/h3,7,10,12H,2,4-6,8-9,14H2,1H3. The number of aromatic nitrogens is 2. The molecule has 17 heavy (non-hydrogen) atoms. The molecule has 2 aliphatic rings. The van der Waals surface area contributed by atoms with Crippen LogP contribution in [-0.4, -0.2) is 22.0 Å². The van der Waals surface area contributed by atoms with Gasteiger partial charge in [-0.3, -0.25) is 4.68 Å². The minimum absolute atomic E-state index is 0.101. The molecule has 0 amide bonds. The Labute approximate surface area is 102 Å². The second-order valence-corrected chi connectivity index (χ2v) is 5.54. The summed E-state index contributed by atoms with van der Waals surface area (Å²) in [6.45, 7) is 0.871. The molecule has 1 aliphatic carbocycles. The molecule has 1 saturated heterocycles. The van der Waals surface area contributed by atoms with E-state index < -0.39 is 0 Å². The van der Waals surface area contributed by atoms with Crippen LogP contribution in [0.2, 0.25) is 0 Å². The monoisotopic (exact) mass is 235 g/mol. The predicted octanol–water partition coefficient (Wildman–Crippen LogP) is 1.77. The molecule has 2 heterocycles. The summed E-state index contributed by atoms with van der Waals surface area (Å²) in [5.74, 6) is 0.541. The molecule has 0 radical (unpaired) electrons. The number of nitrogens with zero attached hydrogens (tertiary/aromatic N) is 2. The van der Waals surface area contributed by atoms with Crippen LogP contribution in [-0.2, 0) is 11.8 Å². The van der Waals surface area contributed by atoms with E-state index in [2.05, 4.69) is 5.10 Å². The maximum Gasteiger partial charge on any atom is 0.0686 e. The van der Waals surface area contributed by atoms with Crippen LogP contribution in [0.3, 0.4) is 0 Å². The molecule has 0 aromatic carbocycles. The predicted molar refractivity (Wildman–Crippen MR) is 65.4 cm³/mol. The number of aryl methyl sites for hydroxylation is 1. The van der Waals surface area contributed by atoms with Gasteiger partial charge in [0.05, 0.1) is 11.3 Å². The van der Waals surface area contributed by atoms with Gasteiger partial charge in [-0.2, -0.15) is 5.10 Å². The van der Waals surface area contributed by atoms with Crippen LogP contribution in [0, 0.1) is 5.92 Å². The average Bonchev–Trinajstić information content (AvgIpc) is 2.73. The lowest BCUT2D eigenvalue weighted by Gasteiger charge is -2.48. The molecule has 2 atom stereocenters. The van der Waals surface area contributed by atoms with Gasteiger partial charge in [0, 0.05) is 25.9 Å². The van der Waals surface area contributed by atoms with Gasteiger partial charge in [0.1, 0.15) is 0 Å². The zero-order valence-electron chi connectivity index (χ0n) is 10.4. The van der Waals surface area contributed by atoms with Crippen molar-refractivity contribution in [3.8, 4) is 0 Å². The molecule has 2 N–H and O–H groups in total. The molecule has 3 rings (SSSR count). The van der Waals surface area contributed by atoms with Gasteiger partial charge in [-0.05, 0) is 44.1 Å². The van der Waals surface area contributed by atoms with Crippen LogP contribution in [0.5, 0.6) is 0 Å². The highest BCUT2D eigenvalue weighted by Gasteiger charge is 2.44. The third kappa shape index (κ3) is 1.89. The van der Waals surface area contributed by atoms with Crippen LogP contribution < -0.4 is 5.73 Å². The third-order valence-corrected chi connectivity index (χ3v) is 4.50.